The van der Waals surface area contributed by atoms with Gasteiger partial charge in [0.05, 0.1) is 5.92 Å². The van der Waals surface area contributed by atoms with Gasteiger partial charge in [-0.15, -0.1) is 0 Å². The molecule has 4 heteroatoms. The topological polar surface area (TPSA) is 66.4 Å². The monoisotopic (exact) mass is 283 g/mol. The van der Waals surface area contributed by atoms with Gasteiger partial charge in [-0.3, -0.25) is 9.59 Å². The number of carbonyl (C=O) groups is 2. The third kappa shape index (κ3) is 6.40. The van der Waals surface area contributed by atoms with E-state index in [0.717, 1.165) is 31.7 Å². The zero-order valence-corrected chi connectivity index (χ0v) is 12.9. The van der Waals surface area contributed by atoms with Crippen LogP contribution < -0.4 is 5.32 Å². The van der Waals surface area contributed by atoms with Crippen LogP contribution >= 0.6 is 0 Å². The van der Waals surface area contributed by atoms with Gasteiger partial charge < -0.3 is 10.4 Å². The Bertz CT molecular complexity index is 315. The molecule has 0 aromatic heterocycles. The highest BCUT2D eigenvalue weighted by atomic mass is 16.4. The van der Waals surface area contributed by atoms with E-state index in [1.807, 2.05) is 0 Å². The van der Waals surface area contributed by atoms with Gasteiger partial charge in [0.2, 0.25) is 5.91 Å². The number of hydrogen-bond donors (Lipinski definition) is 2. The smallest absolute Gasteiger partial charge is 0.306 e. The van der Waals surface area contributed by atoms with Crippen molar-refractivity contribution in [1.29, 1.82) is 0 Å². The van der Waals surface area contributed by atoms with Crippen LogP contribution in [-0.4, -0.2) is 23.5 Å². The summed E-state index contributed by atoms with van der Waals surface area (Å²) in [5.41, 5.74) is 0. The summed E-state index contributed by atoms with van der Waals surface area (Å²) < 4.78 is 0. The molecule has 1 aliphatic carbocycles. The molecule has 0 saturated heterocycles. The zero-order valence-electron chi connectivity index (χ0n) is 12.9. The SMILES string of the molecule is CC(C)CCCCCCNC(=O)[C@@H]1CC[C@H](C(=O)O)C1. The van der Waals surface area contributed by atoms with Crippen molar-refractivity contribution in [2.24, 2.45) is 17.8 Å². The van der Waals surface area contributed by atoms with Gasteiger partial charge in [-0.05, 0) is 31.6 Å². The van der Waals surface area contributed by atoms with Crippen molar-refractivity contribution in [2.45, 2.75) is 65.2 Å². The molecular formula is C16H29NO3. The first-order valence-corrected chi connectivity index (χ1v) is 8.01. The number of hydrogen-bond acceptors (Lipinski definition) is 2. The summed E-state index contributed by atoms with van der Waals surface area (Å²) in [5, 5.41) is 11.9. The minimum absolute atomic E-state index is 0.0518. The highest BCUT2D eigenvalue weighted by Gasteiger charge is 2.33. The Morgan fingerprint density at radius 2 is 1.75 bits per heavy atom. The first-order valence-electron chi connectivity index (χ1n) is 8.01. The van der Waals surface area contributed by atoms with E-state index in [2.05, 4.69) is 19.2 Å². The molecule has 4 nitrogen and oxygen atoms in total. The molecule has 0 aromatic carbocycles. The van der Waals surface area contributed by atoms with Crippen LogP contribution in [0.2, 0.25) is 0 Å². The normalized spacial score (nSPS) is 22.1. The summed E-state index contributed by atoms with van der Waals surface area (Å²) in [7, 11) is 0. The lowest BCUT2D eigenvalue weighted by Gasteiger charge is -2.10. The number of carboxylic acids is 1. The van der Waals surface area contributed by atoms with Crippen LogP contribution in [0, 0.1) is 17.8 Å². The fraction of sp³-hybridized carbons (Fsp3) is 0.875. The molecule has 1 fully saturated rings. The second kappa shape index (κ2) is 8.98. The van der Waals surface area contributed by atoms with Crippen molar-refractivity contribution in [3.8, 4) is 0 Å². The van der Waals surface area contributed by atoms with Gasteiger partial charge >= 0.3 is 5.97 Å². The van der Waals surface area contributed by atoms with Crippen molar-refractivity contribution < 1.29 is 14.7 Å². The number of aliphatic carboxylic acids is 1. The summed E-state index contributed by atoms with van der Waals surface area (Å²) in [6.45, 7) is 5.22. The first kappa shape index (κ1) is 17.0. The molecule has 1 saturated carbocycles. The average molecular weight is 283 g/mol. The minimum atomic E-state index is -0.759. The maximum atomic E-state index is 11.9. The lowest BCUT2D eigenvalue weighted by Crippen LogP contribution is -2.30. The molecule has 2 N–H and O–H groups in total. The van der Waals surface area contributed by atoms with Crippen LogP contribution in [0.4, 0.5) is 0 Å². The van der Waals surface area contributed by atoms with Gasteiger partial charge in [-0.1, -0.05) is 39.5 Å². The third-order valence-corrected chi connectivity index (χ3v) is 4.16. The second-order valence-corrected chi connectivity index (χ2v) is 6.43. The Kier molecular flexibility index (Phi) is 7.63. The average Bonchev–Trinajstić information content (AvgIpc) is 2.86. The summed E-state index contributed by atoms with van der Waals surface area (Å²) in [6.07, 6.45) is 7.85. The molecular weight excluding hydrogens is 254 g/mol. The number of nitrogens with one attached hydrogen (secondary N) is 1. The van der Waals surface area contributed by atoms with E-state index in [0.29, 0.717) is 12.8 Å². The van der Waals surface area contributed by atoms with Crippen LogP contribution in [0.3, 0.4) is 0 Å². The zero-order chi connectivity index (χ0) is 15.0. The third-order valence-electron chi connectivity index (χ3n) is 4.16. The van der Waals surface area contributed by atoms with E-state index < -0.39 is 5.97 Å². The van der Waals surface area contributed by atoms with Crippen molar-refractivity contribution in [1.82, 2.24) is 5.32 Å². The van der Waals surface area contributed by atoms with Gasteiger partial charge in [0.1, 0.15) is 0 Å². The van der Waals surface area contributed by atoms with Gasteiger partial charge in [0.25, 0.3) is 0 Å². The number of carboxylic acid groups (broad SMARTS) is 1. The lowest BCUT2D eigenvalue weighted by atomic mass is 10.0. The van der Waals surface area contributed by atoms with Gasteiger partial charge in [-0.25, -0.2) is 0 Å². The predicted octanol–water partition coefficient (Wildman–Crippen LogP) is 3.21. The summed E-state index contributed by atoms with van der Waals surface area (Å²) in [6, 6.07) is 0. The number of rotatable bonds is 9. The van der Waals surface area contributed by atoms with E-state index in [4.69, 9.17) is 5.11 Å². The molecule has 0 spiro atoms. The maximum Gasteiger partial charge on any atom is 0.306 e. The van der Waals surface area contributed by atoms with E-state index in [9.17, 15) is 9.59 Å². The Morgan fingerprint density at radius 3 is 2.35 bits per heavy atom. The largest absolute Gasteiger partial charge is 0.481 e. The van der Waals surface area contributed by atoms with Crippen molar-refractivity contribution in [3.05, 3.63) is 0 Å². The van der Waals surface area contributed by atoms with E-state index in [-0.39, 0.29) is 17.7 Å². The van der Waals surface area contributed by atoms with Crippen LogP contribution in [0.15, 0.2) is 0 Å². The highest BCUT2D eigenvalue weighted by Crippen LogP contribution is 2.31. The molecule has 116 valence electrons. The Hall–Kier alpha value is -1.06. The van der Waals surface area contributed by atoms with Crippen LogP contribution in [0.5, 0.6) is 0 Å². The maximum absolute atomic E-state index is 11.9. The van der Waals surface area contributed by atoms with E-state index in [1.165, 1.54) is 19.3 Å². The van der Waals surface area contributed by atoms with Crippen molar-refractivity contribution in [2.75, 3.05) is 6.54 Å². The molecule has 0 aliphatic heterocycles. The first-order chi connectivity index (χ1) is 9.50. The summed E-state index contributed by atoms with van der Waals surface area (Å²) in [5.74, 6) is -0.334. The molecule has 0 bridgehead atoms. The van der Waals surface area contributed by atoms with E-state index >= 15 is 0 Å². The van der Waals surface area contributed by atoms with Crippen molar-refractivity contribution in [3.63, 3.8) is 0 Å². The summed E-state index contributed by atoms with van der Waals surface area (Å²) >= 11 is 0. The van der Waals surface area contributed by atoms with Gasteiger partial charge in [0, 0.05) is 12.5 Å². The number of unbranched alkanes of at least 4 members (excludes halogenated alkanes) is 3. The van der Waals surface area contributed by atoms with Gasteiger partial charge in [-0.2, -0.15) is 0 Å². The molecule has 1 aliphatic rings. The predicted molar refractivity (Wildman–Crippen MR) is 79.4 cm³/mol. The standard InChI is InChI=1S/C16H29NO3/c1-12(2)7-5-3-4-6-10-17-15(18)13-8-9-14(11-13)16(19)20/h12-14H,3-11H2,1-2H3,(H,17,18)(H,19,20)/t13-,14+/m1/s1. The second-order valence-electron chi connectivity index (χ2n) is 6.43. The van der Waals surface area contributed by atoms with Crippen LogP contribution in [-0.2, 0) is 9.59 Å². The Labute approximate surface area is 122 Å². The van der Waals surface area contributed by atoms with Gasteiger partial charge in [0.15, 0.2) is 0 Å². The fourth-order valence-corrected chi connectivity index (χ4v) is 2.83. The molecule has 0 heterocycles. The fourth-order valence-electron chi connectivity index (χ4n) is 2.83. The Balaban J connectivity index is 2.02. The molecule has 20 heavy (non-hydrogen) atoms. The molecule has 0 aromatic rings. The quantitative estimate of drug-likeness (QED) is 0.639. The number of amides is 1. The Morgan fingerprint density at radius 1 is 1.10 bits per heavy atom. The van der Waals surface area contributed by atoms with Crippen LogP contribution in [0.25, 0.3) is 0 Å². The van der Waals surface area contributed by atoms with Crippen LogP contribution in [0.1, 0.15) is 65.2 Å². The summed E-state index contributed by atoms with van der Waals surface area (Å²) in [4.78, 5) is 22.7. The molecule has 0 unspecified atom stereocenters. The van der Waals surface area contributed by atoms with E-state index in [1.54, 1.807) is 0 Å². The molecule has 2 atom stereocenters. The lowest BCUT2D eigenvalue weighted by molar-refractivity contribution is -0.141. The number of carbonyl (C=O) groups excluding carboxylic acids is 1. The highest BCUT2D eigenvalue weighted by molar-refractivity contribution is 5.80. The minimum Gasteiger partial charge on any atom is -0.481 e. The van der Waals surface area contributed by atoms with Crippen molar-refractivity contribution >= 4 is 11.9 Å². The molecule has 1 rings (SSSR count). The molecule has 0 radical (unpaired) electrons. The molecule has 1 amide bonds.